The van der Waals surface area contributed by atoms with Gasteiger partial charge < -0.3 is 0 Å². The Balaban J connectivity index is 3.11. The fourth-order valence-electron chi connectivity index (χ4n) is 0. The summed E-state index contributed by atoms with van der Waals surface area (Å²) in [7, 11) is 5.65. The maximum Gasteiger partial charge on any atom is 0.235 e. The summed E-state index contributed by atoms with van der Waals surface area (Å²) in [5, 5.41) is 0. The van der Waals surface area contributed by atoms with Gasteiger partial charge in [-0.25, -0.2) is 4.79 Å². The summed E-state index contributed by atoms with van der Waals surface area (Å²) in [6.07, 6.45) is 0.972. The van der Waals surface area contributed by atoms with Gasteiger partial charge in [0.2, 0.25) is 6.08 Å². The van der Waals surface area contributed by atoms with E-state index in [1.807, 2.05) is 0 Å². The van der Waals surface area contributed by atoms with Crippen LogP contribution in [-0.4, -0.2) is 6.08 Å². The fraction of sp³-hybridized carbons (Fsp3) is 0. The molecule has 0 spiro atoms. The average Bonchev–Trinajstić information content (AvgIpc) is 1.37. The van der Waals surface area contributed by atoms with E-state index in [0.29, 0.717) is 0 Å². The molecule has 0 fully saturated rings. The van der Waals surface area contributed by atoms with Crippen molar-refractivity contribution >= 4 is 6.08 Å². The lowest BCUT2D eigenvalue weighted by Crippen LogP contribution is -1.32. The molecule has 0 aromatic carbocycles. The van der Waals surface area contributed by atoms with Crippen LogP contribution in [0.3, 0.4) is 0 Å². The van der Waals surface area contributed by atoms with E-state index in [9.17, 15) is 0 Å². The third-order valence-electron chi connectivity index (χ3n) is 0.0456. The van der Waals surface area contributed by atoms with Crippen molar-refractivity contribution in [3.05, 3.63) is 7.05 Å². The van der Waals surface area contributed by atoms with E-state index in [-0.39, 0.29) is 0 Å². The van der Waals surface area contributed by atoms with Crippen molar-refractivity contribution in [2.24, 2.45) is 4.99 Å². The summed E-state index contributed by atoms with van der Waals surface area (Å²) in [6, 6.07) is 0. The first-order valence-corrected chi connectivity index (χ1v) is 0.651. The molecular formula is C2NO. The van der Waals surface area contributed by atoms with E-state index in [0.717, 1.165) is 6.08 Å². The standard InChI is InChI=1S/C2NO/c1-3-2-4. The molecule has 0 aromatic heterocycles. The zero-order chi connectivity index (χ0) is 3.41. The molecule has 0 unspecified atom stereocenters. The number of hydrogen-bond acceptors (Lipinski definition) is 2. The topological polar surface area (TPSA) is 29.4 Å². The van der Waals surface area contributed by atoms with E-state index < -0.39 is 0 Å². The fourth-order valence-corrected chi connectivity index (χ4v) is 0. The molecule has 0 rings (SSSR count). The molecule has 0 saturated heterocycles. The van der Waals surface area contributed by atoms with Crippen LogP contribution in [0.2, 0.25) is 0 Å². The minimum atomic E-state index is 0.972. The van der Waals surface area contributed by atoms with Gasteiger partial charge in [-0.2, -0.15) is 4.99 Å². The van der Waals surface area contributed by atoms with Crippen LogP contribution in [0, 0.1) is 7.05 Å². The monoisotopic (exact) mass is 54.0 g/mol. The van der Waals surface area contributed by atoms with E-state index in [4.69, 9.17) is 11.8 Å². The smallest absolute Gasteiger partial charge is 0.211 e. The molecule has 0 amide bonds. The van der Waals surface area contributed by atoms with E-state index in [1.165, 1.54) is 0 Å². The second kappa shape index (κ2) is 2.38. The second-order valence-corrected chi connectivity index (χ2v) is 0.203. The first-order valence-electron chi connectivity index (χ1n) is 0.651. The molecule has 3 radical (unpaired) electrons. The van der Waals surface area contributed by atoms with Crippen molar-refractivity contribution in [2.75, 3.05) is 0 Å². The minimum Gasteiger partial charge on any atom is -0.211 e. The third-order valence-corrected chi connectivity index (χ3v) is 0.0456. The van der Waals surface area contributed by atoms with Gasteiger partial charge in [-0.15, -0.1) is 0 Å². The molecule has 0 aliphatic carbocycles. The maximum atomic E-state index is 8.69. The predicted octanol–water partition coefficient (Wildman–Crippen LogP) is -0.132. The lowest BCUT2D eigenvalue weighted by molar-refractivity contribution is 0.565. The normalized spacial score (nSPS) is 4.25. The zero-order valence-electron chi connectivity index (χ0n) is 1.86. The largest absolute Gasteiger partial charge is 0.235 e. The summed E-state index contributed by atoms with van der Waals surface area (Å²) >= 11 is 0. The maximum absolute atomic E-state index is 8.69. The van der Waals surface area contributed by atoms with Crippen LogP contribution in [0.25, 0.3) is 0 Å². The van der Waals surface area contributed by atoms with Crippen molar-refractivity contribution < 1.29 is 4.79 Å². The van der Waals surface area contributed by atoms with Gasteiger partial charge in [0.25, 0.3) is 0 Å². The van der Waals surface area contributed by atoms with Gasteiger partial charge >= 0.3 is 0 Å². The highest BCUT2D eigenvalue weighted by Crippen LogP contribution is 1.36. The van der Waals surface area contributed by atoms with Crippen LogP contribution < -0.4 is 0 Å². The molecule has 4 heavy (non-hydrogen) atoms. The Kier molecular flexibility index (Phi) is 2.01. The molecule has 2 nitrogen and oxygen atoms in total. The van der Waals surface area contributed by atoms with Crippen LogP contribution in [0.1, 0.15) is 0 Å². The number of isocyanates is 1. The Morgan fingerprint density at radius 3 is 2.25 bits per heavy atom. The first-order chi connectivity index (χ1) is 1.91. The van der Waals surface area contributed by atoms with Gasteiger partial charge in [0.15, 0.2) is 7.05 Å². The van der Waals surface area contributed by atoms with Crippen LogP contribution in [0.4, 0.5) is 0 Å². The lowest BCUT2D eigenvalue weighted by Gasteiger charge is -1.32. The number of carbonyl (C=O) groups excluding carboxylic acids is 1. The Bertz CT molecular complexity index is 44.0. The van der Waals surface area contributed by atoms with Crippen molar-refractivity contribution in [2.45, 2.75) is 0 Å². The van der Waals surface area contributed by atoms with Crippen molar-refractivity contribution in [3.63, 3.8) is 0 Å². The molecule has 0 aliphatic rings. The number of rotatable bonds is 0. The predicted molar refractivity (Wildman–Crippen MR) is 11.4 cm³/mol. The number of nitrogens with zero attached hydrogens (tertiary/aromatic N) is 1. The highest BCUT2D eigenvalue weighted by atomic mass is 16.1. The van der Waals surface area contributed by atoms with Crippen LogP contribution >= 0.6 is 0 Å². The quantitative estimate of drug-likeness (QED) is 0.280. The van der Waals surface area contributed by atoms with Gasteiger partial charge in [-0.3, -0.25) is 0 Å². The molecule has 0 saturated carbocycles. The summed E-state index contributed by atoms with van der Waals surface area (Å²) in [4.78, 5) is 10.9. The molecule has 0 aromatic rings. The summed E-state index contributed by atoms with van der Waals surface area (Å²) in [6.45, 7) is 0. The van der Waals surface area contributed by atoms with Crippen molar-refractivity contribution in [3.8, 4) is 0 Å². The highest BCUT2D eigenvalue weighted by molar-refractivity contribution is 5.32. The average molecular weight is 54.0 g/mol. The van der Waals surface area contributed by atoms with Crippen LogP contribution in [0.15, 0.2) is 4.99 Å². The third kappa shape index (κ3) is 1.38. The van der Waals surface area contributed by atoms with Crippen LogP contribution in [0.5, 0.6) is 0 Å². The Morgan fingerprint density at radius 1 is 2.00 bits per heavy atom. The molecule has 0 heterocycles. The SMILES string of the molecule is [C]N=C=O. The molecule has 0 atom stereocenters. The van der Waals surface area contributed by atoms with Crippen molar-refractivity contribution in [1.82, 2.24) is 0 Å². The summed E-state index contributed by atoms with van der Waals surface area (Å²) in [5.41, 5.74) is 0. The Labute approximate surface area is 24.2 Å². The molecule has 0 bridgehead atoms. The Morgan fingerprint density at radius 2 is 2.25 bits per heavy atom. The van der Waals surface area contributed by atoms with Gasteiger partial charge in [0.1, 0.15) is 0 Å². The lowest BCUT2D eigenvalue weighted by atomic mass is 11.4. The zero-order valence-corrected chi connectivity index (χ0v) is 1.86. The molecular weight excluding hydrogens is 54.0 g/mol. The van der Waals surface area contributed by atoms with E-state index >= 15 is 0 Å². The van der Waals surface area contributed by atoms with Crippen molar-refractivity contribution in [1.29, 1.82) is 0 Å². The minimum absolute atomic E-state index is 0.972. The van der Waals surface area contributed by atoms with E-state index in [1.54, 1.807) is 0 Å². The molecule has 0 aliphatic heterocycles. The van der Waals surface area contributed by atoms with Gasteiger partial charge in [-0.05, 0) is 0 Å². The Hall–Kier alpha value is -0.620. The van der Waals surface area contributed by atoms with E-state index in [2.05, 4.69) is 4.99 Å². The van der Waals surface area contributed by atoms with Crippen LogP contribution in [-0.2, 0) is 4.79 Å². The number of hydrogen-bond donors (Lipinski definition) is 0. The summed E-state index contributed by atoms with van der Waals surface area (Å²) in [5.74, 6) is 0. The molecule has 19 valence electrons. The van der Waals surface area contributed by atoms with Gasteiger partial charge in [-0.1, -0.05) is 0 Å². The highest BCUT2D eigenvalue weighted by Gasteiger charge is 1.33. The molecule has 0 N–H and O–H groups in total. The second-order valence-electron chi connectivity index (χ2n) is 0.203. The summed E-state index contributed by atoms with van der Waals surface area (Å²) < 4.78 is 0. The number of aliphatic imine (C=N–C) groups is 1. The first kappa shape index (κ1) is 3.38. The van der Waals surface area contributed by atoms with Gasteiger partial charge in [0, 0.05) is 0 Å². The molecule has 2 heteroatoms. The van der Waals surface area contributed by atoms with Gasteiger partial charge in [0.05, 0.1) is 0 Å².